The maximum absolute atomic E-state index is 11.3. The van der Waals surface area contributed by atoms with Gasteiger partial charge in [-0.05, 0) is 25.7 Å². The molecule has 0 aromatic carbocycles. The predicted molar refractivity (Wildman–Crippen MR) is 107 cm³/mol. The summed E-state index contributed by atoms with van der Waals surface area (Å²) in [6.07, 6.45) is 2.31. The van der Waals surface area contributed by atoms with E-state index >= 15 is 0 Å². The molecule has 0 spiro atoms. The van der Waals surface area contributed by atoms with Crippen LogP contribution in [-0.2, 0) is 38.1 Å². The van der Waals surface area contributed by atoms with Crippen molar-refractivity contribution in [1.82, 2.24) is 0 Å². The Hall–Kier alpha value is -2.46. The van der Waals surface area contributed by atoms with E-state index in [0.717, 1.165) is 0 Å². The molecule has 2 N–H and O–H groups in total. The Labute approximate surface area is 177 Å². The van der Waals surface area contributed by atoms with Crippen molar-refractivity contribution in [2.75, 3.05) is 39.6 Å². The molecule has 0 unspecified atom stereocenters. The van der Waals surface area contributed by atoms with Crippen molar-refractivity contribution in [2.45, 2.75) is 51.4 Å². The molecular weight excluding hydrogens is 400 g/mol. The topological polar surface area (TPSA) is 146 Å². The van der Waals surface area contributed by atoms with Gasteiger partial charge in [-0.25, -0.2) is 0 Å². The Morgan fingerprint density at radius 2 is 0.833 bits per heavy atom. The maximum Gasteiger partial charge on any atom is 0.305 e. The van der Waals surface area contributed by atoms with Gasteiger partial charge in [0.25, 0.3) is 0 Å². The van der Waals surface area contributed by atoms with Crippen molar-refractivity contribution >= 4 is 23.9 Å². The first-order valence-electron chi connectivity index (χ1n) is 9.82. The second kappa shape index (κ2) is 22.8. The monoisotopic (exact) mass is 434 g/mol. The second-order valence-corrected chi connectivity index (χ2v) is 5.87. The zero-order valence-electron chi connectivity index (χ0n) is 17.5. The molecule has 174 valence electrons. The molecule has 0 fully saturated rings. The number of hydrogen-bond acceptors (Lipinski definition) is 8. The van der Waals surface area contributed by atoms with Gasteiger partial charge in [0.2, 0.25) is 0 Å². The van der Waals surface area contributed by atoms with Gasteiger partial charge in [-0.15, -0.1) is 13.2 Å². The van der Waals surface area contributed by atoms with Gasteiger partial charge in [0, 0.05) is 25.7 Å². The van der Waals surface area contributed by atoms with Gasteiger partial charge in [-0.3, -0.25) is 19.2 Å². The summed E-state index contributed by atoms with van der Waals surface area (Å²) >= 11 is 0. The molecule has 0 aliphatic rings. The minimum atomic E-state index is -0.880. The zero-order chi connectivity index (χ0) is 23.0. The highest BCUT2D eigenvalue weighted by atomic mass is 16.6. The molecule has 0 rings (SSSR count). The van der Waals surface area contributed by atoms with Gasteiger partial charge < -0.3 is 29.2 Å². The fourth-order valence-corrected chi connectivity index (χ4v) is 1.99. The normalized spacial score (nSPS) is 9.87. The van der Waals surface area contributed by atoms with E-state index in [1.54, 1.807) is 0 Å². The standard InChI is InChI=1S/C18H30O10.C2H4/c19-15(20)5-1-3-7-17(23)27-13-11-25-9-10-26-12-14-28-18(24)8-4-2-6-16(21)22;1-2/h1-14H2,(H,19,20)(H,21,22);1-2H2. The van der Waals surface area contributed by atoms with E-state index in [1.807, 2.05) is 0 Å². The van der Waals surface area contributed by atoms with E-state index < -0.39 is 11.9 Å². The summed E-state index contributed by atoms with van der Waals surface area (Å²) in [6, 6.07) is 0. The summed E-state index contributed by atoms with van der Waals surface area (Å²) in [4.78, 5) is 43.3. The Bertz CT molecular complexity index is 436. The molecule has 0 bridgehead atoms. The predicted octanol–water partition coefficient (Wildman–Crippen LogP) is 2.20. The quantitative estimate of drug-likeness (QED) is 0.176. The van der Waals surface area contributed by atoms with Gasteiger partial charge in [-0.1, -0.05) is 0 Å². The smallest absolute Gasteiger partial charge is 0.305 e. The van der Waals surface area contributed by atoms with Crippen molar-refractivity contribution in [3.05, 3.63) is 13.2 Å². The number of carboxylic acids is 2. The van der Waals surface area contributed by atoms with Crippen LogP contribution in [0.1, 0.15) is 51.4 Å². The fraction of sp³-hybridized carbons (Fsp3) is 0.700. The Balaban J connectivity index is 0. The molecule has 0 saturated heterocycles. The molecule has 0 aromatic rings. The highest BCUT2D eigenvalue weighted by molar-refractivity contribution is 5.70. The van der Waals surface area contributed by atoms with Gasteiger partial charge in [-0.2, -0.15) is 0 Å². The van der Waals surface area contributed by atoms with E-state index in [2.05, 4.69) is 13.2 Å². The molecule has 0 amide bonds. The lowest BCUT2D eigenvalue weighted by molar-refractivity contribution is -0.147. The number of ether oxygens (including phenoxy) is 4. The fourth-order valence-electron chi connectivity index (χ4n) is 1.99. The van der Waals surface area contributed by atoms with Gasteiger partial charge >= 0.3 is 23.9 Å². The van der Waals surface area contributed by atoms with E-state index in [1.165, 1.54) is 0 Å². The van der Waals surface area contributed by atoms with Crippen LogP contribution in [0, 0.1) is 0 Å². The van der Waals surface area contributed by atoms with Crippen LogP contribution >= 0.6 is 0 Å². The summed E-state index contributed by atoms with van der Waals surface area (Å²) in [5.41, 5.74) is 0. The third-order valence-electron chi connectivity index (χ3n) is 3.40. The summed E-state index contributed by atoms with van der Waals surface area (Å²) in [5, 5.41) is 16.9. The maximum atomic E-state index is 11.3. The molecule has 0 aliphatic heterocycles. The third kappa shape index (κ3) is 25.5. The SMILES string of the molecule is C=C.O=C(O)CCCCC(=O)OCCOCCOCCOC(=O)CCCCC(=O)O. The largest absolute Gasteiger partial charge is 0.481 e. The van der Waals surface area contributed by atoms with Crippen molar-refractivity contribution < 1.29 is 48.3 Å². The van der Waals surface area contributed by atoms with E-state index in [4.69, 9.17) is 29.2 Å². The lowest BCUT2D eigenvalue weighted by Crippen LogP contribution is -2.15. The number of carbonyl (C=O) groups is 4. The molecule has 30 heavy (non-hydrogen) atoms. The van der Waals surface area contributed by atoms with Crippen LogP contribution in [0.5, 0.6) is 0 Å². The van der Waals surface area contributed by atoms with Crippen molar-refractivity contribution in [3.63, 3.8) is 0 Å². The minimum Gasteiger partial charge on any atom is -0.481 e. The number of esters is 2. The minimum absolute atomic E-state index is 0.0440. The van der Waals surface area contributed by atoms with Crippen LogP contribution in [0.15, 0.2) is 13.2 Å². The van der Waals surface area contributed by atoms with Crippen LogP contribution in [0.3, 0.4) is 0 Å². The number of hydrogen-bond donors (Lipinski definition) is 2. The summed E-state index contributed by atoms with van der Waals surface area (Å²) in [5.74, 6) is -2.52. The third-order valence-corrected chi connectivity index (χ3v) is 3.40. The number of carboxylic acid groups (broad SMARTS) is 2. The molecule has 0 radical (unpaired) electrons. The molecule has 0 aliphatic carbocycles. The molecule has 10 nitrogen and oxygen atoms in total. The first-order chi connectivity index (χ1) is 14.4. The number of rotatable bonds is 19. The Morgan fingerprint density at radius 3 is 1.17 bits per heavy atom. The van der Waals surface area contributed by atoms with E-state index in [-0.39, 0.29) is 64.0 Å². The van der Waals surface area contributed by atoms with Crippen LogP contribution in [0.2, 0.25) is 0 Å². The van der Waals surface area contributed by atoms with Gasteiger partial charge in [0.1, 0.15) is 13.2 Å². The molecule has 0 aromatic heterocycles. The molecule has 0 heterocycles. The highest BCUT2D eigenvalue weighted by Crippen LogP contribution is 2.02. The van der Waals surface area contributed by atoms with Crippen molar-refractivity contribution in [2.24, 2.45) is 0 Å². The Kier molecular flexibility index (Phi) is 22.6. The van der Waals surface area contributed by atoms with E-state index in [0.29, 0.717) is 38.9 Å². The van der Waals surface area contributed by atoms with Crippen LogP contribution in [0.4, 0.5) is 0 Å². The number of unbranched alkanes of at least 4 members (excludes halogenated alkanes) is 2. The zero-order valence-corrected chi connectivity index (χ0v) is 17.5. The van der Waals surface area contributed by atoms with Gasteiger partial charge in [0.05, 0.1) is 26.4 Å². The Morgan fingerprint density at radius 1 is 0.533 bits per heavy atom. The first kappa shape index (κ1) is 29.7. The first-order valence-corrected chi connectivity index (χ1v) is 9.82. The van der Waals surface area contributed by atoms with Crippen LogP contribution < -0.4 is 0 Å². The average molecular weight is 434 g/mol. The van der Waals surface area contributed by atoms with Crippen LogP contribution in [-0.4, -0.2) is 73.7 Å². The van der Waals surface area contributed by atoms with Crippen molar-refractivity contribution in [3.8, 4) is 0 Å². The second-order valence-electron chi connectivity index (χ2n) is 5.87. The average Bonchev–Trinajstić information content (AvgIpc) is 2.71. The number of aliphatic carboxylic acids is 2. The summed E-state index contributed by atoms with van der Waals surface area (Å²) < 4.78 is 20.3. The summed E-state index contributed by atoms with van der Waals surface area (Å²) in [6.45, 7) is 7.32. The molecule has 0 saturated carbocycles. The summed E-state index contributed by atoms with van der Waals surface area (Å²) in [7, 11) is 0. The number of carbonyl (C=O) groups excluding carboxylic acids is 2. The van der Waals surface area contributed by atoms with E-state index in [9.17, 15) is 19.2 Å². The van der Waals surface area contributed by atoms with Gasteiger partial charge in [0.15, 0.2) is 0 Å². The van der Waals surface area contributed by atoms with Crippen LogP contribution in [0.25, 0.3) is 0 Å². The molecule has 10 heteroatoms. The molecular formula is C20H34O10. The lowest BCUT2D eigenvalue weighted by atomic mass is 10.2. The molecule has 0 atom stereocenters. The van der Waals surface area contributed by atoms with Crippen molar-refractivity contribution in [1.29, 1.82) is 0 Å². The highest BCUT2D eigenvalue weighted by Gasteiger charge is 2.05. The lowest BCUT2D eigenvalue weighted by Gasteiger charge is -2.07.